The molecule has 8 heteroatoms. The number of para-hydroxylation sites is 1. The Morgan fingerprint density at radius 2 is 1.80 bits per heavy atom. The third kappa shape index (κ3) is 6.25. The first-order chi connectivity index (χ1) is 16.9. The number of likely N-dealkylation sites (tertiary alicyclic amines) is 1. The number of carbonyl (C=O) groups is 2. The van der Waals surface area contributed by atoms with Crippen LogP contribution in [0.15, 0.2) is 54.6 Å². The first-order valence-corrected chi connectivity index (χ1v) is 14.0. The van der Waals surface area contributed by atoms with Crippen LogP contribution in [0.4, 0.5) is 5.69 Å². The molecule has 188 valence electrons. The van der Waals surface area contributed by atoms with E-state index in [1.807, 2.05) is 70.7 Å². The molecule has 1 aliphatic heterocycles. The Morgan fingerprint density at radius 3 is 2.40 bits per heavy atom. The molecule has 2 aromatic rings. The second kappa shape index (κ2) is 11.6. The molecule has 1 aliphatic carbocycles. The molecule has 2 aromatic carbocycles. The third-order valence-corrected chi connectivity index (χ3v) is 8.81. The normalized spacial score (nSPS) is 22.0. The van der Waals surface area contributed by atoms with Crippen molar-refractivity contribution >= 4 is 40.2 Å². The zero-order valence-corrected chi connectivity index (χ0v) is 21.6. The number of carbonyl (C=O) groups excluding carboxylic acids is 1. The number of rotatable bonds is 11. The molecular weight excluding hydrogens is 484 g/mol. The lowest BCUT2D eigenvalue weighted by molar-refractivity contribution is -0.151. The number of benzene rings is 2. The summed E-state index contributed by atoms with van der Waals surface area (Å²) in [7, 11) is -1.23. The molecule has 1 saturated heterocycles. The van der Waals surface area contributed by atoms with E-state index in [0.29, 0.717) is 36.1 Å². The lowest BCUT2D eigenvalue weighted by Gasteiger charge is -2.45. The van der Waals surface area contributed by atoms with Crippen LogP contribution >= 0.6 is 11.6 Å². The summed E-state index contributed by atoms with van der Waals surface area (Å²) in [5.41, 5.74) is 1.88. The van der Waals surface area contributed by atoms with Crippen LogP contribution in [-0.4, -0.2) is 44.4 Å². The molecule has 1 amide bonds. The molecule has 0 aromatic heterocycles. The molecule has 4 rings (SSSR count). The number of hydrogen-bond acceptors (Lipinski definition) is 3. The highest BCUT2D eigenvalue weighted by Crippen LogP contribution is 2.44. The number of anilines is 1. The van der Waals surface area contributed by atoms with Crippen LogP contribution in [0.2, 0.25) is 5.02 Å². The van der Waals surface area contributed by atoms with Crippen LogP contribution in [0.25, 0.3) is 0 Å². The third-order valence-electron chi connectivity index (χ3n) is 6.95. The molecule has 1 heterocycles. The second-order valence-electron chi connectivity index (χ2n) is 9.51. The van der Waals surface area contributed by atoms with E-state index in [1.54, 1.807) is 0 Å². The minimum Gasteiger partial charge on any atom is -0.481 e. The molecule has 2 aliphatic rings. The fraction of sp³-hybridized carbons (Fsp3) is 0.481. The Kier molecular flexibility index (Phi) is 8.50. The van der Waals surface area contributed by atoms with E-state index in [9.17, 15) is 18.9 Å². The van der Waals surface area contributed by atoms with Gasteiger partial charge < -0.3 is 10.0 Å². The highest BCUT2D eigenvalue weighted by Gasteiger charge is 2.46. The van der Waals surface area contributed by atoms with Crippen LogP contribution < -0.4 is 4.31 Å². The fourth-order valence-corrected chi connectivity index (χ4v) is 6.46. The van der Waals surface area contributed by atoms with E-state index in [-0.39, 0.29) is 24.4 Å². The Hall–Kier alpha value is -2.38. The van der Waals surface area contributed by atoms with Gasteiger partial charge in [-0.05, 0) is 67.9 Å². The molecule has 6 nitrogen and oxygen atoms in total. The van der Waals surface area contributed by atoms with Gasteiger partial charge in [0.1, 0.15) is 11.0 Å². The summed E-state index contributed by atoms with van der Waals surface area (Å²) >= 11 is 6.13. The number of amides is 1. The summed E-state index contributed by atoms with van der Waals surface area (Å²) in [6, 6.07) is 17.0. The summed E-state index contributed by atoms with van der Waals surface area (Å²) < 4.78 is 15.3. The molecular formula is C27H33ClN2O4S. The van der Waals surface area contributed by atoms with Crippen molar-refractivity contribution in [2.45, 2.75) is 57.5 Å². The number of piperidine rings is 1. The maximum Gasteiger partial charge on any atom is 0.304 e. The number of aliphatic carboxylic acids is 1. The summed E-state index contributed by atoms with van der Waals surface area (Å²) in [5.74, 6) is -0.746. The summed E-state index contributed by atoms with van der Waals surface area (Å²) in [5, 5.41) is 10.1. The lowest BCUT2D eigenvalue weighted by Crippen LogP contribution is -2.54. The summed E-state index contributed by atoms with van der Waals surface area (Å²) in [6.07, 6.45) is 3.88. The minimum atomic E-state index is -1.23. The average Bonchev–Trinajstić information content (AvgIpc) is 3.68. The topological polar surface area (TPSA) is 77.9 Å². The van der Waals surface area contributed by atoms with Gasteiger partial charge in [-0.15, -0.1) is 0 Å². The molecule has 1 saturated carbocycles. The first-order valence-electron chi connectivity index (χ1n) is 12.4. The molecule has 35 heavy (non-hydrogen) atoms. The van der Waals surface area contributed by atoms with Gasteiger partial charge in [-0.3, -0.25) is 13.9 Å². The van der Waals surface area contributed by atoms with Crippen molar-refractivity contribution in [3.8, 4) is 0 Å². The van der Waals surface area contributed by atoms with Gasteiger partial charge >= 0.3 is 5.97 Å². The van der Waals surface area contributed by atoms with Gasteiger partial charge in [0, 0.05) is 22.4 Å². The molecule has 0 spiro atoms. The quantitative estimate of drug-likeness (QED) is 0.430. The summed E-state index contributed by atoms with van der Waals surface area (Å²) in [6.45, 7) is 2.47. The fourth-order valence-electron chi connectivity index (χ4n) is 5.09. The van der Waals surface area contributed by atoms with Crippen molar-refractivity contribution in [3.63, 3.8) is 0 Å². The van der Waals surface area contributed by atoms with Crippen molar-refractivity contribution in [2.75, 3.05) is 16.6 Å². The van der Waals surface area contributed by atoms with Gasteiger partial charge in [0.2, 0.25) is 5.91 Å². The van der Waals surface area contributed by atoms with Crippen molar-refractivity contribution < 1.29 is 18.9 Å². The van der Waals surface area contributed by atoms with Crippen LogP contribution in [0.3, 0.4) is 0 Å². The number of halogens is 1. The predicted molar refractivity (Wildman–Crippen MR) is 140 cm³/mol. The van der Waals surface area contributed by atoms with Gasteiger partial charge in [-0.2, -0.15) is 0 Å². The maximum atomic E-state index is 13.8. The van der Waals surface area contributed by atoms with E-state index in [0.717, 1.165) is 30.5 Å². The Labute approximate surface area is 214 Å². The van der Waals surface area contributed by atoms with Gasteiger partial charge in [-0.25, -0.2) is 4.21 Å². The number of carboxylic acids is 1. The standard InChI is InChI=1S/C27H33ClN2O4S/c1-2-16-35(34)29(23-6-4-3-5-7-23)18-25(20-8-9-20)30-24(19-10-13-22(28)14-11-19)15-12-21(27(30)33)17-26(31)32/h3-7,10-11,13-14,20-21,24-25H,2,8-9,12,15-18H2,1H3,(H,31,32). The zero-order valence-electron chi connectivity index (χ0n) is 20.0. The van der Waals surface area contributed by atoms with E-state index in [4.69, 9.17) is 11.6 Å². The Bertz CT molecular complexity index is 1040. The number of nitrogens with zero attached hydrogens (tertiary/aromatic N) is 2. The molecule has 2 fully saturated rings. The van der Waals surface area contributed by atoms with Crippen molar-refractivity contribution in [3.05, 3.63) is 65.2 Å². The zero-order chi connectivity index (χ0) is 24.9. The lowest BCUT2D eigenvalue weighted by atomic mass is 9.84. The Morgan fingerprint density at radius 1 is 1.11 bits per heavy atom. The van der Waals surface area contributed by atoms with Gasteiger partial charge in [0.25, 0.3) is 0 Å². The van der Waals surface area contributed by atoms with Crippen molar-refractivity contribution in [1.82, 2.24) is 4.90 Å². The largest absolute Gasteiger partial charge is 0.481 e. The SMILES string of the molecule is CCCS(=O)N(CC(C1CC1)N1C(=O)C(CC(=O)O)CCC1c1ccc(Cl)cc1)c1ccccc1. The van der Waals surface area contributed by atoms with Crippen LogP contribution in [0.5, 0.6) is 0 Å². The summed E-state index contributed by atoms with van der Waals surface area (Å²) in [4.78, 5) is 27.3. The Balaban J connectivity index is 1.71. The molecule has 0 bridgehead atoms. The highest BCUT2D eigenvalue weighted by atomic mass is 35.5. The molecule has 0 radical (unpaired) electrons. The van der Waals surface area contributed by atoms with Gasteiger partial charge in [0.15, 0.2) is 0 Å². The van der Waals surface area contributed by atoms with E-state index in [1.165, 1.54) is 0 Å². The average molecular weight is 517 g/mol. The van der Waals surface area contributed by atoms with Gasteiger partial charge in [-0.1, -0.05) is 48.9 Å². The predicted octanol–water partition coefficient (Wildman–Crippen LogP) is 5.45. The minimum absolute atomic E-state index is 0.107. The molecule has 4 unspecified atom stereocenters. The van der Waals surface area contributed by atoms with Crippen molar-refractivity contribution in [1.29, 1.82) is 0 Å². The number of carboxylic acid groups (broad SMARTS) is 1. The molecule has 4 atom stereocenters. The second-order valence-corrected chi connectivity index (χ2v) is 11.4. The smallest absolute Gasteiger partial charge is 0.304 e. The van der Waals surface area contributed by atoms with Crippen LogP contribution in [-0.2, 0) is 20.6 Å². The van der Waals surface area contributed by atoms with E-state index in [2.05, 4.69) is 0 Å². The van der Waals surface area contributed by atoms with Crippen LogP contribution in [0.1, 0.15) is 57.1 Å². The highest BCUT2D eigenvalue weighted by molar-refractivity contribution is 7.86. The van der Waals surface area contributed by atoms with Crippen LogP contribution in [0, 0.1) is 11.8 Å². The molecule has 1 N–H and O–H groups in total. The van der Waals surface area contributed by atoms with Gasteiger partial charge in [0.05, 0.1) is 25.0 Å². The van der Waals surface area contributed by atoms with E-state index < -0.39 is 22.9 Å². The van der Waals surface area contributed by atoms with Crippen molar-refractivity contribution in [2.24, 2.45) is 11.8 Å². The number of hydrogen-bond donors (Lipinski definition) is 1. The maximum absolute atomic E-state index is 13.8. The monoisotopic (exact) mass is 516 g/mol. The first kappa shape index (κ1) is 25.7. The van der Waals surface area contributed by atoms with E-state index >= 15 is 0 Å².